The Labute approximate surface area is 368 Å². The number of fused-ring (bicyclic) bond motifs is 6. The molecule has 0 atom stereocenters. The maximum atomic E-state index is 2.63. The molecule has 0 radical (unpaired) electrons. The van der Waals surface area contributed by atoms with Crippen molar-refractivity contribution >= 4 is 72.4 Å². The lowest BCUT2D eigenvalue weighted by Crippen LogP contribution is -2.75. The van der Waals surface area contributed by atoms with Crippen LogP contribution in [0.4, 0.5) is 0 Å². The molecule has 0 aliphatic heterocycles. The van der Waals surface area contributed by atoms with E-state index in [-0.39, 0.29) is 0 Å². The molecule has 0 aliphatic carbocycles. The van der Waals surface area contributed by atoms with Crippen molar-refractivity contribution in [2.45, 2.75) is 0 Å². The highest BCUT2D eigenvalue weighted by Gasteiger charge is 2.45. The topological polar surface area (TPSA) is 9.86 Å². The molecule has 2 heterocycles. The lowest BCUT2D eigenvalue weighted by molar-refractivity contribution is 1.13. The van der Waals surface area contributed by atoms with Crippen molar-refractivity contribution < 1.29 is 0 Å². The minimum absolute atomic E-state index is 1.14. The first-order chi connectivity index (χ1) is 31.3. The summed E-state index contributed by atoms with van der Waals surface area (Å²) in [5, 5.41) is 10.3. The Morgan fingerprint density at radius 3 is 1.21 bits per heavy atom. The Hall–Kier alpha value is -7.98. The summed E-state index contributed by atoms with van der Waals surface area (Å²) < 4.78 is 5.16. The van der Waals surface area contributed by atoms with Gasteiger partial charge in [-0.05, 0) is 61.7 Å². The summed E-state index contributed by atoms with van der Waals surface area (Å²) >= 11 is 0. The van der Waals surface area contributed by atoms with E-state index in [1.165, 1.54) is 86.6 Å². The lowest BCUT2D eigenvalue weighted by Gasteiger charge is -2.37. The molecule has 2 nitrogen and oxygen atoms in total. The highest BCUT2D eigenvalue weighted by Crippen LogP contribution is 2.42. The summed E-state index contributed by atoms with van der Waals surface area (Å²) in [6, 6.07) is 94.5. The second-order valence-corrected chi connectivity index (χ2v) is 20.1. The highest BCUT2D eigenvalue weighted by molar-refractivity contribution is 7.21. The molecule has 12 rings (SSSR count). The Bertz CT molecular complexity index is 3500. The molecular formula is C60H42N2Si. The fourth-order valence-corrected chi connectivity index (χ4v) is 15.7. The van der Waals surface area contributed by atoms with Crippen LogP contribution < -0.4 is 20.7 Å². The Morgan fingerprint density at radius 2 is 0.651 bits per heavy atom. The van der Waals surface area contributed by atoms with Crippen molar-refractivity contribution in [2.24, 2.45) is 0 Å². The highest BCUT2D eigenvalue weighted by atomic mass is 28.3. The predicted molar refractivity (Wildman–Crippen MR) is 270 cm³/mol. The number of hydrogen-bond donors (Lipinski definition) is 0. The summed E-state index contributed by atoms with van der Waals surface area (Å²) in [6.45, 7) is 0. The van der Waals surface area contributed by atoms with Gasteiger partial charge < -0.3 is 9.13 Å². The molecule has 0 N–H and O–H groups in total. The standard InChI is InChI=1S/C60H42N2Si/c1-6-23-43(24-7-1)48-33-16-19-37-54(48)61-55-38-20-17-34-50(55)52-36-22-40-57(58(52)61)62-56-39-21-18-35-51(56)53-42-41-49(44-25-8-2-9-26-44)60(59(53)62)63(45-27-10-3-11-28-45,46-29-12-4-13-30-46)47-31-14-5-15-32-47/h1-42H. The van der Waals surface area contributed by atoms with Crippen molar-refractivity contribution in [3.63, 3.8) is 0 Å². The van der Waals surface area contributed by atoms with E-state index in [0.717, 1.165) is 11.4 Å². The Balaban J connectivity index is 1.33. The average Bonchev–Trinajstić information content (AvgIpc) is 3.89. The van der Waals surface area contributed by atoms with Gasteiger partial charge in [-0.2, -0.15) is 0 Å². The molecule has 63 heavy (non-hydrogen) atoms. The molecule has 0 bridgehead atoms. The van der Waals surface area contributed by atoms with Crippen LogP contribution in [0.15, 0.2) is 255 Å². The summed E-state index contributed by atoms with van der Waals surface area (Å²) in [5.41, 5.74) is 11.9. The van der Waals surface area contributed by atoms with E-state index in [0.29, 0.717) is 0 Å². The molecule has 3 heteroatoms. The predicted octanol–water partition coefficient (Wildman–Crippen LogP) is 12.6. The van der Waals surface area contributed by atoms with Crippen molar-refractivity contribution in [1.82, 2.24) is 9.13 Å². The first-order valence-electron chi connectivity index (χ1n) is 21.8. The van der Waals surface area contributed by atoms with Crippen LogP contribution in [0, 0.1) is 0 Å². The minimum atomic E-state index is -3.18. The molecule has 0 saturated heterocycles. The molecule has 0 fully saturated rings. The third-order valence-corrected chi connectivity index (χ3v) is 17.9. The second kappa shape index (κ2) is 15.2. The van der Waals surface area contributed by atoms with Crippen LogP contribution in [0.2, 0.25) is 0 Å². The van der Waals surface area contributed by atoms with Gasteiger partial charge >= 0.3 is 0 Å². The van der Waals surface area contributed by atoms with Gasteiger partial charge in [-0.1, -0.05) is 231 Å². The SMILES string of the molecule is c1ccc(-c2ccccc2-n2c3ccccc3c3cccc(-n4c5ccccc5c5ccc(-c6ccccc6)c([Si](c6ccccc6)(c6ccccc6)c6ccccc6)c54)c32)cc1. The number of para-hydroxylation sites is 4. The Morgan fingerprint density at radius 1 is 0.254 bits per heavy atom. The van der Waals surface area contributed by atoms with Gasteiger partial charge in [-0.25, -0.2) is 0 Å². The summed E-state index contributed by atoms with van der Waals surface area (Å²) in [4.78, 5) is 0. The monoisotopic (exact) mass is 818 g/mol. The van der Waals surface area contributed by atoms with E-state index in [9.17, 15) is 0 Å². The Kier molecular flexibility index (Phi) is 8.87. The van der Waals surface area contributed by atoms with Crippen LogP contribution in [-0.2, 0) is 0 Å². The lowest BCUT2D eigenvalue weighted by atomic mass is 10.0. The van der Waals surface area contributed by atoms with Crippen LogP contribution in [-0.4, -0.2) is 17.2 Å². The minimum Gasteiger partial charge on any atom is -0.307 e. The van der Waals surface area contributed by atoms with Crippen LogP contribution in [0.1, 0.15) is 0 Å². The largest absolute Gasteiger partial charge is 0.307 e. The van der Waals surface area contributed by atoms with E-state index in [4.69, 9.17) is 0 Å². The summed E-state index contributed by atoms with van der Waals surface area (Å²) in [7, 11) is -3.18. The fraction of sp³-hybridized carbons (Fsp3) is 0. The van der Waals surface area contributed by atoms with E-state index in [1.807, 2.05) is 0 Å². The molecule has 296 valence electrons. The summed E-state index contributed by atoms with van der Waals surface area (Å²) in [6.07, 6.45) is 0. The molecule has 0 spiro atoms. The van der Waals surface area contributed by atoms with Crippen LogP contribution in [0.25, 0.3) is 77.2 Å². The van der Waals surface area contributed by atoms with E-state index in [1.54, 1.807) is 0 Å². The normalized spacial score (nSPS) is 11.8. The molecule has 0 aliphatic rings. The zero-order valence-corrected chi connectivity index (χ0v) is 35.6. The van der Waals surface area contributed by atoms with Crippen molar-refractivity contribution in [2.75, 3.05) is 0 Å². The molecule has 0 unspecified atom stereocenters. The van der Waals surface area contributed by atoms with Crippen LogP contribution >= 0.6 is 0 Å². The van der Waals surface area contributed by atoms with Crippen molar-refractivity contribution in [3.8, 4) is 33.6 Å². The van der Waals surface area contributed by atoms with Gasteiger partial charge in [0.05, 0.1) is 33.4 Å². The number of rotatable bonds is 8. The molecular weight excluding hydrogens is 777 g/mol. The van der Waals surface area contributed by atoms with Gasteiger partial charge in [0.2, 0.25) is 0 Å². The molecule has 2 aromatic heterocycles. The smallest absolute Gasteiger partial charge is 0.182 e. The number of benzene rings is 10. The molecule has 0 amide bonds. The van der Waals surface area contributed by atoms with E-state index < -0.39 is 8.07 Å². The first kappa shape index (κ1) is 36.8. The van der Waals surface area contributed by atoms with Crippen LogP contribution in [0.5, 0.6) is 0 Å². The van der Waals surface area contributed by atoms with Gasteiger partial charge in [-0.15, -0.1) is 0 Å². The summed E-state index contributed by atoms with van der Waals surface area (Å²) in [5.74, 6) is 0. The fourth-order valence-electron chi connectivity index (χ4n) is 10.5. The quantitative estimate of drug-likeness (QED) is 0.107. The van der Waals surface area contributed by atoms with Crippen LogP contribution in [0.3, 0.4) is 0 Å². The maximum Gasteiger partial charge on any atom is 0.182 e. The molecule has 10 aromatic carbocycles. The maximum absolute atomic E-state index is 3.18. The molecule has 0 saturated carbocycles. The van der Waals surface area contributed by atoms with Crippen molar-refractivity contribution in [1.29, 1.82) is 0 Å². The number of nitrogens with zero attached hydrogens (tertiary/aromatic N) is 2. The van der Waals surface area contributed by atoms with E-state index in [2.05, 4.69) is 264 Å². The number of aromatic nitrogens is 2. The van der Waals surface area contributed by atoms with Crippen molar-refractivity contribution in [3.05, 3.63) is 255 Å². The number of hydrogen-bond acceptors (Lipinski definition) is 0. The zero-order valence-electron chi connectivity index (χ0n) is 34.6. The van der Waals surface area contributed by atoms with Gasteiger partial charge in [0.15, 0.2) is 8.07 Å². The third kappa shape index (κ3) is 5.71. The van der Waals surface area contributed by atoms with E-state index >= 15 is 0 Å². The average molecular weight is 819 g/mol. The van der Waals surface area contributed by atoms with Gasteiger partial charge in [0, 0.05) is 27.1 Å². The molecule has 12 aromatic rings. The van der Waals surface area contributed by atoms with Gasteiger partial charge in [0.25, 0.3) is 0 Å². The van der Waals surface area contributed by atoms with Gasteiger partial charge in [0.1, 0.15) is 0 Å². The third-order valence-electron chi connectivity index (χ3n) is 13.1. The first-order valence-corrected chi connectivity index (χ1v) is 23.8. The zero-order chi connectivity index (χ0) is 41.7. The second-order valence-electron chi connectivity index (χ2n) is 16.4. The van der Waals surface area contributed by atoms with Gasteiger partial charge in [-0.3, -0.25) is 0 Å².